The van der Waals surface area contributed by atoms with Gasteiger partial charge in [0.1, 0.15) is 18.1 Å². The number of carboxylic acid groups (broad SMARTS) is 2. The number of rotatable bonds is 12. The summed E-state index contributed by atoms with van der Waals surface area (Å²) in [6, 6.07) is -3.74. The molecular weight excluding hydrogens is 396 g/mol. The van der Waals surface area contributed by atoms with Crippen molar-refractivity contribution in [2.45, 2.75) is 77.0 Å². The van der Waals surface area contributed by atoms with E-state index < -0.39 is 53.8 Å². The summed E-state index contributed by atoms with van der Waals surface area (Å²) in [5.41, 5.74) is 0. The molecule has 1 aliphatic rings. The molecular formula is C19H32N4O7. The molecule has 0 aliphatic carbocycles. The van der Waals surface area contributed by atoms with Crippen molar-refractivity contribution in [3.8, 4) is 0 Å². The Balaban J connectivity index is 2.87. The Morgan fingerprint density at radius 3 is 2.10 bits per heavy atom. The fourth-order valence-electron chi connectivity index (χ4n) is 3.07. The Bertz CT molecular complexity index is 647. The minimum atomic E-state index is -1.21. The Morgan fingerprint density at radius 1 is 0.967 bits per heavy atom. The molecule has 30 heavy (non-hydrogen) atoms. The summed E-state index contributed by atoms with van der Waals surface area (Å²) in [6.07, 6.45) is 1.20. The minimum absolute atomic E-state index is 0.0101. The average Bonchev–Trinajstić information content (AvgIpc) is 3.18. The first kappa shape index (κ1) is 25.3. The van der Waals surface area contributed by atoms with Crippen LogP contribution in [0.25, 0.3) is 0 Å². The van der Waals surface area contributed by atoms with Crippen molar-refractivity contribution >= 4 is 29.7 Å². The second-order valence-corrected chi connectivity index (χ2v) is 7.90. The SMILES string of the molecule is CC(C)CC(NC(=O)C(CCC(=O)O)NC(=O)C1CCCN1)C(=O)NC(C)C(=O)O. The fourth-order valence-corrected chi connectivity index (χ4v) is 3.07. The maximum Gasteiger partial charge on any atom is 0.325 e. The van der Waals surface area contributed by atoms with E-state index in [-0.39, 0.29) is 25.2 Å². The average molecular weight is 428 g/mol. The molecule has 0 radical (unpaired) electrons. The van der Waals surface area contributed by atoms with Gasteiger partial charge in [-0.15, -0.1) is 0 Å². The smallest absolute Gasteiger partial charge is 0.325 e. The predicted molar refractivity (Wildman–Crippen MR) is 106 cm³/mol. The zero-order valence-corrected chi connectivity index (χ0v) is 17.6. The van der Waals surface area contributed by atoms with Gasteiger partial charge in [-0.05, 0) is 45.1 Å². The number of hydrogen-bond donors (Lipinski definition) is 6. The quantitative estimate of drug-likeness (QED) is 0.234. The van der Waals surface area contributed by atoms with Crippen LogP contribution in [0.15, 0.2) is 0 Å². The highest BCUT2D eigenvalue weighted by Crippen LogP contribution is 2.09. The van der Waals surface area contributed by atoms with E-state index in [1.165, 1.54) is 6.92 Å². The third-order valence-electron chi connectivity index (χ3n) is 4.73. The molecule has 0 spiro atoms. The molecule has 1 fully saturated rings. The fraction of sp³-hybridized carbons (Fsp3) is 0.737. The Morgan fingerprint density at radius 2 is 1.60 bits per heavy atom. The van der Waals surface area contributed by atoms with Crippen LogP contribution in [-0.4, -0.2) is 70.6 Å². The van der Waals surface area contributed by atoms with Crippen LogP contribution in [0.1, 0.15) is 52.9 Å². The molecule has 170 valence electrons. The third-order valence-corrected chi connectivity index (χ3v) is 4.73. The zero-order chi connectivity index (χ0) is 22.8. The van der Waals surface area contributed by atoms with Crippen LogP contribution in [0.5, 0.6) is 0 Å². The number of carboxylic acids is 2. The van der Waals surface area contributed by atoms with E-state index in [0.717, 1.165) is 6.42 Å². The topological polar surface area (TPSA) is 174 Å². The minimum Gasteiger partial charge on any atom is -0.481 e. The van der Waals surface area contributed by atoms with Crippen molar-refractivity contribution < 1.29 is 34.2 Å². The van der Waals surface area contributed by atoms with E-state index >= 15 is 0 Å². The zero-order valence-electron chi connectivity index (χ0n) is 17.6. The molecule has 0 aromatic carbocycles. The van der Waals surface area contributed by atoms with Gasteiger partial charge in [0.25, 0.3) is 0 Å². The van der Waals surface area contributed by atoms with E-state index in [0.29, 0.717) is 13.0 Å². The van der Waals surface area contributed by atoms with Crippen molar-refractivity contribution in [2.24, 2.45) is 5.92 Å². The molecule has 0 aromatic rings. The van der Waals surface area contributed by atoms with Gasteiger partial charge in [-0.25, -0.2) is 0 Å². The summed E-state index contributed by atoms with van der Waals surface area (Å²) in [5, 5.41) is 28.4. The van der Waals surface area contributed by atoms with Crippen molar-refractivity contribution in [2.75, 3.05) is 6.54 Å². The number of aliphatic carboxylic acids is 2. The molecule has 0 bridgehead atoms. The second-order valence-electron chi connectivity index (χ2n) is 7.90. The standard InChI is InChI=1S/C19H32N4O7/c1-10(2)9-14(18(28)21-11(3)19(29)30)23-17(27)13(6-7-15(24)25)22-16(26)12-5-4-8-20-12/h10-14,20H,4-9H2,1-3H3,(H,21,28)(H,22,26)(H,23,27)(H,24,25)(H,29,30). The largest absolute Gasteiger partial charge is 0.481 e. The normalized spacial score (nSPS) is 18.9. The maximum atomic E-state index is 12.8. The first-order valence-electron chi connectivity index (χ1n) is 10.1. The van der Waals surface area contributed by atoms with Gasteiger partial charge < -0.3 is 31.5 Å². The van der Waals surface area contributed by atoms with Gasteiger partial charge in [0.2, 0.25) is 17.7 Å². The summed E-state index contributed by atoms with van der Waals surface area (Å²) in [7, 11) is 0. The molecule has 3 amide bonds. The Labute approximate surface area is 175 Å². The second kappa shape index (κ2) is 12.1. The van der Waals surface area contributed by atoms with E-state index in [9.17, 15) is 24.0 Å². The van der Waals surface area contributed by atoms with Crippen LogP contribution in [0.2, 0.25) is 0 Å². The lowest BCUT2D eigenvalue weighted by atomic mass is 10.0. The van der Waals surface area contributed by atoms with Gasteiger partial charge in [0, 0.05) is 6.42 Å². The molecule has 4 unspecified atom stereocenters. The molecule has 1 rings (SSSR count). The van der Waals surface area contributed by atoms with Crippen LogP contribution in [0.4, 0.5) is 0 Å². The summed E-state index contributed by atoms with van der Waals surface area (Å²) in [6.45, 7) is 5.66. The molecule has 11 nitrogen and oxygen atoms in total. The lowest BCUT2D eigenvalue weighted by Gasteiger charge is -2.25. The number of carbonyl (C=O) groups excluding carboxylic acids is 3. The van der Waals surface area contributed by atoms with Gasteiger partial charge in [-0.1, -0.05) is 13.8 Å². The third kappa shape index (κ3) is 8.76. The first-order valence-corrected chi connectivity index (χ1v) is 10.1. The van der Waals surface area contributed by atoms with Crippen molar-refractivity contribution in [3.63, 3.8) is 0 Å². The summed E-state index contributed by atoms with van der Waals surface area (Å²) in [5.74, 6) is -4.07. The molecule has 0 saturated carbocycles. The van der Waals surface area contributed by atoms with Gasteiger partial charge in [0.15, 0.2) is 0 Å². The molecule has 1 aliphatic heterocycles. The summed E-state index contributed by atoms with van der Waals surface area (Å²) in [4.78, 5) is 59.6. The molecule has 1 saturated heterocycles. The first-order chi connectivity index (χ1) is 14.0. The number of amides is 3. The van der Waals surface area contributed by atoms with E-state index in [1.807, 2.05) is 13.8 Å². The van der Waals surface area contributed by atoms with Crippen LogP contribution >= 0.6 is 0 Å². The van der Waals surface area contributed by atoms with Crippen molar-refractivity contribution in [1.82, 2.24) is 21.3 Å². The highest BCUT2D eigenvalue weighted by Gasteiger charge is 2.31. The monoisotopic (exact) mass is 428 g/mol. The van der Waals surface area contributed by atoms with Crippen molar-refractivity contribution in [1.29, 1.82) is 0 Å². The number of hydrogen-bond acceptors (Lipinski definition) is 6. The van der Waals surface area contributed by atoms with E-state index in [1.54, 1.807) is 0 Å². The van der Waals surface area contributed by atoms with Crippen LogP contribution in [0, 0.1) is 5.92 Å². The molecule has 4 atom stereocenters. The van der Waals surface area contributed by atoms with E-state index in [4.69, 9.17) is 10.2 Å². The van der Waals surface area contributed by atoms with Crippen LogP contribution < -0.4 is 21.3 Å². The van der Waals surface area contributed by atoms with Crippen molar-refractivity contribution in [3.05, 3.63) is 0 Å². The Hall–Kier alpha value is -2.69. The lowest BCUT2D eigenvalue weighted by molar-refractivity contribution is -0.142. The van der Waals surface area contributed by atoms with Gasteiger partial charge >= 0.3 is 11.9 Å². The van der Waals surface area contributed by atoms with Gasteiger partial charge in [-0.2, -0.15) is 0 Å². The number of carbonyl (C=O) groups is 5. The molecule has 1 heterocycles. The summed E-state index contributed by atoms with van der Waals surface area (Å²) >= 11 is 0. The highest BCUT2D eigenvalue weighted by atomic mass is 16.4. The van der Waals surface area contributed by atoms with Crippen LogP contribution in [0.3, 0.4) is 0 Å². The number of nitrogens with one attached hydrogen (secondary N) is 4. The molecule has 6 N–H and O–H groups in total. The van der Waals surface area contributed by atoms with E-state index in [2.05, 4.69) is 21.3 Å². The Kier molecular flexibility index (Phi) is 10.2. The molecule has 11 heteroatoms. The maximum absolute atomic E-state index is 12.8. The lowest BCUT2D eigenvalue weighted by Crippen LogP contribution is -2.57. The van der Waals surface area contributed by atoms with Gasteiger partial charge in [-0.3, -0.25) is 24.0 Å². The summed E-state index contributed by atoms with van der Waals surface area (Å²) < 4.78 is 0. The highest BCUT2D eigenvalue weighted by molar-refractivity contribution is 5.94. The van der Waals surface area contributed by atoms with Gasteiger partial charge in [0.05, 0.1) is 6.04 Å². The predicted octanol–water partition coefficient (Wildman–Crippen LogP) is -0.792. The molecule has 0 aromatic heterocycles. The van der Waals surface area contributed by atoms with Crippen LogP contribution in [-0.2, 0) is 24.0 Å².